The van der Waals surface area contributed by atoms with Crippen molar-refractivity contribution in [1.82, 2.24) is 5.32 Å². The van der Waals surface area contributed by atoms with Gasteiger partial charge in [-0.1, -0.05) is 0 Å². The minimum Gasteiger partial charge on any atom is -0.486 e. The molecule has 5 heteroatoms. The van der Waals surface area contributed by atoms with Gasteiger partial charge < -0.3 is 20.1 Å². The number of hydrogen-bond acceptors (Lipinski definition) is 4. The van der Waals surface area contributed by atoms with Crippen molar-refractivity contribution in [2.45, 2.75) is 25.8 Å². The monoisotopic (exact) mass is 276 g/mol. The number of amides is 1. The number of nitrogens with one attached hydrogen (secondary N) is 2. The molecule has 1 aromatic rings. The molecule has 2 atom stereocenters. The van der Waals surface area contributed by atoms with Crippen LogP contribution in [-0.4, -0.2) is 31.7 Å². The number of ether oxygens (including phenoxy) is 2. The summed E-state index contributed by atoms with van der Waals surface area (Å²) in [6.07, 6.45) is 1.98. The largest absolute Gasteiger partial charge is 0.486 e. The second-order valence-corrected chi connectivity index (χ2v) is 5.43. The van der Waals surface area contributed by atoms with Crippen LogP contribution in [0.2, 0.25) is 0 Å². The van der Waals surface area contributed by atoms with E-state index in [9.17, 15) is 4.79 Å². The first-order valence-corrected chi connectivity index (χ1v) is 7.16. The SMILES string of the molecule is CC1CCC(C(=O)Nc2ccc3c(c2)OCCO3)CN1. The van der Waals surface area contributed by atoms with Crippen LogP contribution in [0.4, 0.5) is 5.69 Å². The summed E-state index contributed by atoms with van der Waals surface area (Å²) >= 11 is 0. The summed E-state index contributed by atoms with van der Waals surface area (Å²) in [4.78, 5) is 12.2. The fourth-order valence-corrected chi connectivity index (χ4v) is 2.59. The number of anilines is 1. The van der Waals surface area contributed by atoms with Crippen molar-refractivity contribution in [2.75, 3.05) is 25.1 Å². The zero-order chi connectivity index (χ0) is 13.9. The molecule has 2 heterocycles. The van der Waals surface area contributed by atoms with Gasteiger partial charge in [0.2, 0.25) is 5.91 Å². The molecular formula is C15H20N2O3. The lowest BCUT2D eigenvalue weighted by Gasteiger charge is -2.27. The molecule has 1 saturated heterocycles. The van der Waals surface area contributed by atoms with Gasteiger partial charge in [0.25, 0.3) is 0 Å². The number of carbonyl (C=O) groups is 1. The molecular weight excluding hydrogens is 256 g/mol. The van der Waals surface area contributed by atoms with Gasteiger partial charge in [-0.2, -0.15) is 0 Å². The van der Waals surface area contributed by atoms with Gasteiger partial charge in [0.1, 0.15) is 13.2 Å². The van der Waals surface area contributed by atoms with Crippen molar-refractivity contribution in [3.05, 3.63) is 18.2 Å². The summed E-state index contributed by atoms with van der Waals surface area (Å²) in [6.45, 7) is 4.02. The summed E-state index contributed by atoms with van der Waals surface area (Å²) in [7, 11) is 0. The molecule has 1 fully saturated rings. The van der Waals surface area contributed by atoms with E-state index in [0.29, 0.717) is 25.0 Å². The predicted octanol–water partition coefficient (Wildman–Crippen LogP) is 1.78. The lowest BCUT2D eigenvalue weighted by atomic mass is 9.95. The van der Waals surface area contributed by atoms with Crippen LogP contribution in [0.25, 0.3) is 0 Å². The highest BCUT2D eigenvalue weighted by Crippen LogP contribution is 2.32. The van der Waals surface area contributed by atoms with E-state index in [-0.39, 0.29) is 11.8 Å². The van der Waals surface area contributed by atoms with Gasteiger partial charge in [0, 0.05) is 24.3 Å². The van der Waals surface area contributed by atoms with Gasteiger partial charge in [-0.15, -0.1) is 0 Å². The molecule has 0 bridgehead atoms. The van der Waals surface area contributed by atoms with Gasteiger partial charge in [-0.25, -0.2) is 0 Å². The maximum Gasteiger partial charge on any atom is 0.228 e. The molecule has 5 nitrogen and oxygen atoms in total. The predicted molar refractivity (Wildman–Crippen MR) is 76.3 cm³/mol. The number of fused-ring (bicyclic) bond motifs is 1. The number of benzene rings is 1. The van der Waals surface area contributed by atoms with Gasteiger partial charge in [-0.05, 0) is 31.9 Å². The van der Waals surface area contributed by atoms with E-state index >= 15 is 0 Å². The van der Waals surface area contributed by atoms with Crippen LogP contribution in [0.3, 0.4) is 0 Å². The summed E-state index contributed by atoms with van der Waals surface area (Å²) in [5.41, 5.74) is 0.762. The Morgan fingerprint density at radius 2 is 2.05 bits per heavy atom. The van der Waals surface area contributed by atoms with Crippen LogP contribution in [0.5, 0.6) is 11.5 Å². The van der Waals surface area contributed by atoms with Crippen molar-refractivity contribution in [3.8, 4) is 11.5 Å². The van der Waals surface area contributed by atoms with Crippen LogP contribution < -0.4 is 20.1 Å². The van der Waals surface area contributed by atoms with Crippen LogP contribution in [0.15, 0.2) is 18.2 Å². The highest BCUT2D eigenvalue weighted by molar-refractivity contribution is 5.93. The van der Waals surface area contributed by atoms with Gasteiger partial charge in [0.15, 0.2) is 11.5 Å². The lowest BCUT2D eigenvalue weighted by Crippen LogP contribution is -2.41. The molecule has 0 aliphatic carbocycles. The van der Waals surface area contributed by atoms with Crippen LogP contribution in [0, 0.1) is 5.92 Å². The molecule has 2 unspecified atom stereocenters. The van der Waals surface area contributed by atoms with Crippen molar-refractivity contribution in [2.24, 2.45) is 5.92 Å². The lowest BCUT2D eigenvalue weighted by molar-refractivity contribution is -0.120. The highest BCUT2D eigenvalue weighted by Gasteiger charge is 2.24. The molecule has 1 aromatic carbocycles. The van der Waals surface area contributed by atoms with E-state index in [0.717, 1.165) is 30.8 Å². The average molecular weight is 276 g/mol. The van der Waals surface area contributed by atoms with Crippen LogP contribution >= 0.6 is 0 Å². The fourth-order valence-electron chi connectivity index (χ4n) is 2.59. The Kier molecular flexibility index (Phi) is 3.78. The van der Waals surface area contributed by atoms with E-state index in [2.05, 4.69) is 17.6 Å². The van der Waals surface area contributed by atoms with E-state index in [1.807, 2.05) is 18.2 Å². The van der Waals surface area contributed by atoms with Gasteiger partial charge >= 0.3 is 0 Å². The second kappa shape index (κ2) is 5.71. The van der Waals surface area contributed by atoms with Crippen LogP contribution in [-0.2, 0) is 4.79 Å². The molecule has 2 aliphatic rings. The molecule has 108 valence electrons. The fraction of sp³-hybridized carbons (Fsp3) is 0.533. The zero-order valence-electron chi connectivity index (χ0n) is 11.6. The maximum atomic E-state index is 12.2. The Bertz CT molecular complexity index is 496. The molecule has 2 N–H and O–H groups in total. The van der Waals surface area contributed by atoms with Crippen molar-refractivity contribution < 1.29 is 14.3 Å². The third kappa shape index (κ3) is 2.88. The number of rotatable bonds is 2. The smallest absolute Gasteiger partial charge is 0.228 e. The van der Waals surface area contributed by atoms with Crippen molar-refractivity contribution in [3.63, 3.8) is 0 Å². The van der Waals surface area contributed by atoms with E-state index in [4.69, 9.17) is 9.47 Å². The Labute approximate surface area is 118 Å². The molecule has 1 amide bonds. The third-order valence-corrected chi connectivity index (χ3v) is 3.84. The summed E-state index contributed by atoms with van der Waals surface area (Å²) < 4.78 is 11.0. The van der Waals surface area contributed by atoms with Gasteiger partial charge in [0.05, 0.1) is 5.92 Å². The Morgan fingerprint density at radius 1 is 1.25 bits per heavy atom. The quantitative estimate of drug-likeness (QED) is 0.864. The number of piperidine rings is 1. The molecule has 20 heavy (non-hydrogen) atoms. The van der Waals surface area contributed by atoms with E-state index < -0.39 is 0 Å². The Hall–Kier alpha value is -1.75. The topological polar surface area (TPSA) is 59.6 Å². The highest BCUT2D eigenvalue weighted by atomic mass is 16.6. The first-order valence-electron chi connectivity index (χ1n) is 7.16. The summed E-state index contributed by atoms with van der Waals surface area (Å²) in [5, 5.41) is 6.31. The Morgan fingerprint density at radius 3 is 2.80 bits per heavy atom. The van der Waals surface area contributed by atoms with Crippen LogP contribution in [0.1, 0.15) is 19.8 Å². The van der Waals surface area contributed by atoms with E-state index in [1.165, 1.54) is 0 Å². The van der Waals surface area contributed by atoms with Gasteiger partial charge in [-0.3, -0.25) is 4.79 Å². The summed E-state index contributed by atoms with van der Waals surface area (Å²) in [5.74, 6) is 1.55. The van der Waals surface area contributed by atoms with E-state index in [1.54, 1.807) is 0 Å². The number of carbonyl (C=O) groups excluding carboxylic acids is 1. The zero-order valence-corrected chi connectivity index (χ0v) is 11.6. The second-order valence-electron chi connectivity index (χ2n) is 5.43. The average Bonchev–Trinajstić information content (AvgIpc) is 2.48. The Balaban J connectivity index is 1.64. The maximum absolute atomic E-state index is 12.2. The molecule has 2 aliphatic heterocycles. The molecule has 0 saturated carbocycles. The van der Waals surface area contributed by atoms with Crippen molar-refractivity contribution >= 4 is 11.6 Å². The standard InChI is InChI=1S/C15H20N2O3/c1-10-2-3-11(9-16-10)15(18)17-12-4-5-13-14(8-12)20-7-6-19-13/h4-5,8,10-11,16H,2-3,6-7,9H2,1H3,(H,17,18). The number of hydrogen-bond donors (Lipinski definition) is 2. The first kappa shape index (κ1) is 13.2. The molecule has 0 spiro atoms. The molecule has 0 aromatic heterocycles. The molecule has 3 rings (SSSR count). The summed E-state index contributed by atoms with van der Waals surface area (Å²) in [6, 6.07) is 6.02. The minimum absolute atomic E-state index is 0.0411. The van der Waals surface area contributed by atoms with Crippen molar-refractivity contribution in [1.29, 1.82) is 0 Å². The first-order chi connectivity index (χ1) is 9.72. The minimum atomic E-state index is 0.0411. The molecule has 0 radical (unpaired) electrons. The third-order valence-electron chi connectivity index (χ3n) is 3.84. The normalized spacial score (nSPS) is 25.1.